The molecule has 3 heteroatoms. The SMILES string of the molecule is CC1CCC(OPO)CC1. The predicted octanol–water partition coefficient (Wildman–Crippen LogP) is 2.08. The smallest absolute Gasteiger partial charge is 0.152 e. The highest BCUT2D eigenvalue weighted by Gasteiger charge is 2.17. The summed E-state index contributed by atoms with van der Waals surface area (Å²) in [5.74, 6) is 0.863. The fourth-order valence-corrected chi connectivity index (χ4v) is 1.81. The van der Waals surface area contributed by atoms with Crippen LogP contribution in [0.3, 0.4) is 0 Å². The van der Waals surface area contributed by atoms with Gasteiger partial charge < -0.3 is 9.42 Å². The van der Waals surface area contributed by atoms with Crippen molar-refractivity contribution in [2.75, 3.05) is 0 Å². The summed E-state index contributed by atoms with van der Waals surface area (Å²) in [5.41, 5.74) is 0. The zero-order valence-corrected chi connectivity index (χ0v) is 7.34. The van der Waals surface area contributed by atoms with Crippen LogP contribution in [0, 0.1) is 5.92 Å². The number of rotatable bonds is 2. The lowest BCUT2D eigenvalue weighted by atomic mass is 9.89. The molecule has 1 unspecified atom stereocenters. The van der Waals surface area contributed by atoms with Crippen molar-refractivity contribution in [2.24, 2.45) is 5.92 Å². The van der Waals surface area contributed by atoms with Crippen LogP contribution in [0.5, 0.6) is 0 Å². The molecule has 0 radical (unpaired) electrons. The van der Waals surface area contributed by atoms with Crippen molar-refractivity contribution >= 4 is 9.03 Å². The summed E-state index contributed by atoms with van der Waals surface area (Å²) in [4.78, 5) is 8.49. The van der Waals surface area contributed by atoms with E-state index in [0.29, 0.717) is 6.10 Å². The summed E-state index contributed by atoms with van der Waals surface area (Å²) in [6.07, 6.45) is 5.13. The molecule has 10 heavy (non-hydrogen) atoms. The fraction of sp³-hybridized carbons (Fsp3) is 1.00. The van der Waals surface area contributed by atoms with Gasteiger partial charge in [0.25, 0.3) is 0 Å². The summed E-state index contributed by atoms with van der Waals surface area (Å²) in [7, 11) is -0.319. The quantitative estimate of drug-likeness (QED) is 0.630. The lowest BCUT2D eigenvalue weighted by Gasteiger charge is -2.24. The lowest BCUT2D eigenvalue weighted by molar-refractivity contribution is 0.144. The first-order chi connectivity index (χ1) is 4.83. The van der Waals surface area contributed by atoms with Crippen LogP contribution in [0.1, 0.15) is 32.6 Å². The van der Waals surface area contributed by atoms with E-state index in [1.807, 2.05) is 0 Å². The summed E-state index contributed by atoms with van der Waals surface area (Å²) in [6, 6.07) is 0. The molecule has 0 aromatic rings. The minimum Gasteiger partial charge on any atom is -0.352 e. The first-order valence-corrected chi connectivity index (χ1v) is 4.73. The first-order valence-electron chi connectivity index (χ1n) is 3.87. The Morgan fingerprint density at radius 3 is 2.40 bits per heavy atom. The van der Waals surface area contributed by atoms with Gasteiger partial charge in [-0.15, -0.1) is 0 Å². The second-order valence-electron chi connectivity index (χ2n) is 3.09. The van der Waals surface area contributed by atoms with E-state index in [1.54, 1.807) is 0 Å². The molecule has 1 rings (SSSR count). The molecule has 0 aromatic heterocycles. The summed E-state index contributed by atoms with van der Waals surface area (Å²) < 4.78 is 5.11. The maximum atomic E-state index is 8.49. The highest BCUT2D eigenvalue weighted by atomic mass is 31.1. The largest absolute Gasteiger partial charge is 0.352 e. The van der Waals surface area contributed by atoms with E-state index in [9.17, 15) is 0 Å². The molecule has 0 saturated heterocycles. The predicted molar refractivity (Wildman–Crippen MR) is 43.0 cm³/mol. The van der Waals surface area contributed by atoms with Gasteiger partial charge in [-0.2, -0.15) is 0 Å². The molecule has 0 heterocycles. The van der Waals surface area contributed by atoms with Crippen LogP contribution in [0.2, 0.25) is 0 Å². The van der Waals surface area contributed by atoms with Crippen molar-refractivity contribution in [1.29, 1.82) is 0 Å². The van der Waals surface area contributed by atoms with Crippen LogP contribution in [0.4, 0.5) is 0 Å². The molecule has 2 nitrogen and oxygen atoms in total. The highest BCUT2D eigenvalue weighted by molar-refractivity contribution is 7.25. The van der Waals surface area contributed by atoms with Gasteiger partial charge in [0, 0.05) is 0 Å². The molecule has 1 atom stereocenters. The Labute approximate surface area is 63.9 Å². The standard InChI is InChI=1S/C7H15O2P/c1-6-2-4-7(5-3-6)9-10-8/h6-8,10H,2-5H2,1H3. The molecule has 1 aliphatic rings. The molecule has 0 bridgehead atoms. The molecule has 0 spiro atoms. The van der Waals surface area contributed by atoms with Crippen LogP contribution in [-0.2, 0) is 4.52 Å². The summed E-state index contributed by atoms with van der Waals surface area (Å²) in [6.45, 7) is 2.28. The lowest BCUT2D eigenvalue weighted by Crippen LogP contribution is -2.17. The van der Waals surface area contributed by atoms with E-state index in [2.05, 4.69) is 6.92 Å². The first kappa shape index (κ1) is 8.45. The van der Waals surface area contributed by atoms with Crippen molar-refractivity contribution < 1.29 is 9.42 Å². The molecule has 60 valence electrons. The van der Waals surface area contributed by atoms with Gasteiger partial charge in [0.15, 0.2) is 9.03 Å². The average Bonchev–Trinajstić information content (AvgIpc) is 1.95. The highest BCUT2D eigenvalue weighted by Crippen LogP contribution is 2.28. The maximum absolute atomic E-state index is 8.49. The van der Waals surface area contributed by atoms with E-state index in [1.165, 1.54) is 12.8 Å². The molecular formula is C7H15O2P. The van der Waals surface area contributed by atoms with Gasteiger partial charge >= 0.3 is 0 Å². The van der Waals surface area contributed by atoms with E-state index < -0.39 is 0 Å². The van der Waals surface area contributed by atoms with Crippen LogP contribution >= 0.6 is 9.03 Å². The molecule has 0 amide bonds. The molecular weight excluding hydrogens is 147 g/mol. The summed E-state index contributed by atoms with van der Waals surface area (Å²) in [5, 5.41) is 0. The molecule has 1 N–H and O–H groups in total. The third kappa shape index (κ3) is 2.53. The van der Waals surface area contributed by atoms with Crippen LogP contribution < -0.4 is 0 Å². The molecule has 0 aromatic carbocycles. The number of hydrogen-bond acceptors (Lipinski definition) is 2. The van der Waals surface area contributed by atoms with Crippen molar-refractivity contribution in [3.8, 4) is 0 Å². The fourth-order valence-electron chi connectivity index (χ4n) is 1.42. The third-order valence-electron chi connectivity index (χ3n) is 2.18. The van der Waals surface area contributed by atoms with E-state index in [0.717, 1.165) is 18.8 Å². The van der Waals surface area contributed by atoms with Crippen molar-refractivity contribution in [3.63, 3.8) is 0 Å². The topological polar surface area (TPSA) is 29.5 Å². The van der Waals surface area contributed by atoms with Gasteiger partial charge in [0.2, 0.25) is 0 Å². The normalized spacial score (nSPS) is 35.4. The second kappa shape index (κ2) is 4.27. The van der Waals surface area contributed by atoms with Crippen molar-refractivity contribution in [3.05, 3.63) is 0 Å². The number of hydrogen-bond donors (Lipinski definition) is 1. The van der Waals surface area contributed by atoms with Gasteiger partial charge in [-0.3, -0.25) is 0 Å². The molecule has 1 aliphatic carbocycles. The van der Waals surface area contributed by atoms with Gasteiger partial charge in [0.1, 0.15) is 0 Å². The summed E-state index contributed by atoms with van der Waals surface area (Å²) >= 11 is 0. The second-order valence-corrected chi connectivity index (χ2v) is 3.51. The molecule has 1 saturated carbocycles. The van der Waals surface area contributed by atoms with Gasteiger partial charge in [-0.1, -0.05) is 6.92 Å². The van der Waals surface area contributed by atoms with Crippen molar-refractivity contribution in [2.45, 2.75) is 38.7 Å². The van der Waals surface area contributed by atoms with Gasteiger partial charge in [-0.25, -0.2) is 0 Å². The zero-order chi connectivity index (χ0) is 7.40. The Hall–Kier alpha value is 0.350. The molecule has 1 fully saturated rings. The van der Waals surface area contributed by atoms with Crippen LogP contribution in [0.25, 0.3) is 0 Å². The minimum atomic E-state index is -0.319. The Kier molecular flexibility index (Phi) is 3.61. The van der Waals surface area contributed by atoms with Gasteiger partial charge in [-0.05, 0) is 31.6 Å². The van der Waals surface area contributed by atoms with Gasteiger partial charge in [0.05, 0.1) is 6.10 Å². The third-order valence-corrected chi connectivity index (χ3v) is 2.62. The Morgan fingerprint density at radius 2 is 1.90 bits per heavy atom. The average molecular weight is 162 g/mol. The monoisotopic (exact) mass is 162 g/mol. The Bertz CT molecular complexity index is 89.6. The molecule has 0 aliphatic heterocycles. The van der Waals surface area contributed by atoms with E-state index >= 15 is 0 Å². The van der Waals surface area contributed by atoms with Crippen molar-refractivity contribution in [1.82, 2.24) is 0 Å². The van der Waals surface area contributed by atoms with E-state index in [-0.39, 0.29) is 9.03 Å². The maximum Gasteiger partial charge on any atom is 0.152 e. The van der Waals surface area contributed by atoms with E-state index in [4.69, 9.17) is 9.42 Å². The van der Waals surface area contributed by atoms with Crippen LogP contribution in [0.15, 0.2) is 0 Å². The van der Waals surface area contributed by atoms with Crippen LogP contribution in [-0.4, -0.2) is 11.0 Å². The zero-order valence-electron chi connectivity index (χ0n) is 6.34. The minimum absolute atomic E-state index is 0.319. The Morgan fingerprint density at radius 1 is 1.30 bits per heavy atom. The Balaban J connectivity index is 2.13.